The maximum Gasteiger partial charge on any atom is 0.231 e. The Labute approximate surface area is 120 Å². The van der Waals surface area contributed by atoms with Crippen molar-refractivity contribution < 1.29 is 14.0 Å². The summed E-state index contributed by atoms with van der Waals surface area (Å²) < 4.78 is 18.3. The lowest BCUT2D eigenvalue weighted by Crippen LogP contribution is -1.93. The van der Waals surface area contributed by atoms with E-state index in [0.29, 0.717) is 24.6 Å². The van der Waals surface area contributed by atoms with Crippen molar-refractivity contribution in [3.8, 4) is 5.75 Å². The van der Waals surface area contributed by atoms with Gasteiger partial charge in [-0.25, -0.2) is 4.39 Å². The molecule has 4 nitrogen and oxygen atoms in total. The molecule has 0 saturated carbocycles. The number of hydrogen-bond acceptors (Lipinski definition) is 4. The van der Waals surface area contributed by atoms with Crippen LogP contribution in [-0.4, -0.2) is 15.2 Å². The first-order valence-corrected chi connectivity index (χ1v) is 6.53. The van der Waals surface area contributed by atoms with Crippen molar-refractivity contribution >= 4 is 0 Å². The van der Waals surface area contributed by atoms with Gasteiger partial charge in [0.1, 0.15) is 11.6 Å². The molecule has 106 valence electrons. The van der Waals surface area contributed by atoms with Crippen LogP contribution in [0.25, 0.3) is 0 Å². The zero-order valence-corrected chi connectivity index (χ0v) is 11.2. The highest BCUT2D eigenvalue weighted by molar-refractivity contribution is 5.28. The third-order valence-corrected chi connectivity index (χ3v) is 3.03. The number of hydrogen-bond donors (Lipinski definition) is 1. The van der Waals surface area contributed by atoms with E-state index >= 15 is 0 Å². The van der Waals surface area contributed by atoms with Crippen LogP contribution in [0.1, 0.15) is 22.8 Å². The van der Waals surface area contributed by atoms with Crippen LogP contribution in [0.5, 0.6) is 5.75 Å². The Hall–Kier alpha value is -2.69. The molecule has 0 unspecified atom stereocenters. The van der Waals surface area contributed by atoms with Crippen molar-refractivity contribution in [3.05, 3.63) is 77.2 Å². The van der Waals surface area contributed by atoms with Crippen LogP contribution in [0.3, 0.4) is 0 Å². The zero-order valence-electron chi connectivity index (χ0n) is 11.2. The Kier molecular flexibility index (Phi) is 3.64. The highest BCUT2D eigenvalue weighted by Crippen LogP contribution is 2.15. The predicted octanol–water partition coefficient (Wildman–Crippen LogP) is 3.10. The SMILES string of the molecule is Oc1cccc(Cc2nc(Cc3cccc(F)c3)no2)c1. The number of aromatic hydroxyl groups is 1. The molecule has 0 bridgehead atoms. The molecule has 3 aromatic rings. The molecule has 1 N–H and O–H groups in total. The summed E-state index contributed by atoms with van der Waals surface area (Å²) in [4.78, 5) is 4.28. The average molecular weight is 284 g/mol. The van der Waals surface area contributed by atoms with E-state index in [1.807, 2.05) is 12.1 Å². The van der Waals surface area contributed by atoms with E-state index in [9.17, 15) is 9.50 Å². The number of benzene rings is 2. The van der Waals surface area contributed by atoms with Crippen molar-refractivity contribution in [2.75, 3.05) is 0 Å². The lowest BCUT2D eigenvalue weighted by molar-refractivity contribution is 0.380. The van der Waals surface area contributed by atoms with E-state index in [2.05, 4.69) is 10.1 Å². The van der Waals surface area contributed by atoms with E-state index < -0.39 is 0 Å². The molecule has 1 heterocycles. The Morgan fingerprint density at radius 2 is 1.76 bits per heavy atom. The number of aromatic nitrogens is 2. The van der Waals surface area contributed by atoms with Gasteiger partial charge in [-0.15, -0.1) is 0 Å². The second kappa shape index (κ2) is 5.75. The van der Waals surface area contributed by atoms with Crippen molar-refractivity contribution in [2.45, 2.75) is 12.8 Å². The van der Waals surface area contributed by atoms with Gasteiger partial charge in [-0.3, -0.25) is 0 Å². The van der Waals surface area contributed by atoms with Crippen LogP contribution in [0.15, 0.2) is 53.1 Å². The van der Waals surface area contributed by atoms with Crippen molar-refractivity contribution in [1.82, 2.24) is 10.1 Å². The molecule has 3 rings (SSSR count). The third kappa shape index (κ3) is 3.45. The average Bonchev–Trinajstić information content (AvgIpc) is 2.86. The minimum atomic E-state index is -0.282. The van der Waals surface area contributed by atoms with Crippen LogP contribution in [0.2, 0.25) is 0 Å². The largest absolute Gasteiger partial charge is 0.508 e. The molecule has 0 aliphatic carbocycles. The maximum absolute atomic E-state index is 13.1. The molecular weight excluding hydrogens is 271 g/mol. The molecule has 0 saturated heterocycles. The maximum atomic E-state index is 13.1. The molecule has 2 aromatic carbocycles. The predicted molar refractivity (Wildman–Crippen MR) is 74.4 cm³/mol. The molecule has 0 amide bonds. The lowest BCUT2D eigenvalue weighted by atomic mass is 10.1. The number of phenolic OH excluding ortho intramolecular Hbond substituents is 1. The number of rotatable bonds is 4. The summed E-state index contributed by atoms with van der Waals surface area (Å²) in [5.74, 6) is 0.894. The number of phenols is 1. The Morgan fingerprint density at radius 3 is 2.52 bits per heavy atom. The summed E-state index contributed by atoms with van der Waals surface area (Å²) in [5, 5.41) is 13.3. The molecular formula is C16H13FN2O2. The van der Waals surface area contributed by atoms with Gasteiger partial charge in [-0.05, 0) is 35.4 Å². The van der Waals surface area contributed by atoms with Crippen LogP contribution < -0.4 is 0 Å². The first kappa shape index (κ1) is 13.3. The Morgan fingerprint density at radius 1 is 1.00 bits per heavy atom. The Bertz CT molecular complexity index is 693. The molecule has 5 heteroatoms. The van der Waals surface area contributed by atoms with Gasteiger partial charge < -0.3 is 9.63 Å². The molecule has 0 fully saturated rings. The molecule has 0 radical (unpaired) electrons. The van der Waals surface area contributed by atoms with Gasteiger partial charge in [0.2, 0.25) is 5.89 Å². The minimum Gasteiger partial charge on any atom is -0.508 e. The second-order valence-corrected chi connectivity index (χ2v) is 4.76. The summed E-state index contributed by atoms with van der Waals surface area (Å²) in [5.41, 5.74) is 1.68. The van der Waals surface area contributed by atoms with Gasteiger partial charge in [0.15, 0.2) is 5.82 Å². The highest BCUT2D eigenvalue weighted by Gasteiger charge is 2.08. The molecule has 21 heavy (non-hydrogen) atoms. The van der Waals surface area contributed by atoms with E-state index in [1.165, 1.54) is 12.1 Å². The van der Waals surface area contributed by atoms with Crippen LogP contribution in [0.4, 0.5) is 4.39 Å². The third-order valence-electron chi connectivity index (χ3n) is 3.03. The van der Waals surface area contributed by atoms with Gasteiger partial charge >= 0.3 is 0 Å². The monoisotopic (exact) mass is 284 g/mol. The fourth-order valence-corrected chi connectivity index (χ4v) is 2.10. The summed E-state index contributed by atoms with van der Waals surface area (Å²) >= 11 is 0. The van der Waals surface area contributed by atoms with Crippen LogP contribution in [0, 0.1) is 5.82 Å². The highest BCUT2D eigenvalue weighted by atomic mass is 19.1. The van der Waals surface area contributed by atoms with Crippen LogP contribution >= 0.6 is 0 Å². The summed E-state index contributed by atoms with van der Waals surface area (Å²) in [6.07, 6.45) is 0.867. The van der Waals surface area contributed by atoms with Gasteiger partial charge in [0.25, 0.3) is 0 Å². The van der Waals surface area contributed by atoms with Gasteiger partial charge in [-0.1, -0.05) is 29.4 Å². The van der Waals surface area contributed by atoms with E-state index in [4.69, 9.17) is 4.52 Å². The Balaban J connectivity index is 1.71. The van der Waals surface area contributed by atoms with Crippen molar-refractivity contribution in [2.24, 2.45) is 0 Å². The van der Waals surface area contributed by atoms with Crippen LogP contribution in [-0.2, 0) is 12.8 Å². The topological polar surface area (TPSA) is 59.2 Å². The van der Waals surface area contributed by atoms with Crippen molar-refractivity contribution in [1.29, 1.82) is 0 Å². The first-order chi connectivity index (χ1) is 10.2. The van der Waals surface area contributed by atoms with E-state index in [0.717, 1.165) is 11.1 Å². The fourth-order valence-electron chi connectivity index (χ4n) is 2.10. The molecule has 0 spiro atoms. The quantitative estimate of drug-likeness (QED) is 0.799. The molecule has 0 atom stereocenters. The minimum absolute atomic E-state index is 0.201. The van der Waals surface area contributed by atoms with Gasteiger partial charge in [-0.2, -0.15) is 4.98 Å². The first-order valence-electron chi connectivity index (χ1n) is 6.53. The lowest BCUT2D eigenvalue weighted by Gasteiger charge is -1.97. The normalized spacial score (nSPS) is 10.7. The molecule has 0 aliphatic rings. The van der Waals surface area contributed by atoms with E-state index in [-0.39, 0.29) is 11.6 Å². The zero-order chi connectivity index (χ0) is 14.7. The fraction of sp³-hybridized carbons (Fsp3) is 0.125. The summed E-state index contributed by atoms with van der Waals surface area (Å²) in [6, 6.07) is 13.2. The second-order valence-electron chi connectivity index (χ2n) is 4.76. The van der Waals surface area contributed by atoms with Gasteiger partial charge in [0, 0.05) is 6.42 Å². The molecule has 1 aromatic heterocycles. The number of nitrogens with zero attached hydrogens (tertiary/aromatic N) is 2. The van der Waals surface area contributed by atoms with Crippen molar-refractivity contribution in [3.63, 3.8) is 0 Å². The van der Waals surface area contributed by atoms with Gasteiger partial charge in [0.05, 0.1) is 6.42 Å². The van der Waals surface area contributed by atoms with E-state index in [1.54, 1.807) is 24.3 Å². The summed E-state index contributed by atoms with van der Waals surface area (Å²) in [6.45, 7) is 0. The molecule has 0 aliphatic heterocycles. The smallest absolute Gasteiger partial charge is 0.231 e. The number of halogens is 1. The summed E-state index contributed by atoms with van der Waals surface area (Å²) in [7, 11) is 0. The standard InChI is InChI=1S/C16H13FN2O2/c17-13-5-1-3-11(7-13)9-15-18-16(21-19-15)10-12-4-2-6-14(20)8-12/h1-8,20H,9-10H2.